The molecule has 0 saturated heterocycles. The van der Waals surface area contributed by atoms with E-state index in [1.54, 1.807) is 54.7 Å². The summed E-state index contributed by atoms with van der Waals surface area (Å²) in [6.07, 6.45) is 8.36. The quantitative estimate of drug-likeness (QED) is 0.757. The highest BCUT2D eigenvalue weighted by atomic mass is 32.2. The van der Waals surface area contributed by atoms with Crippen LogP contribution in [0.2, 0.25) is 0 Å². The van der Waals surface area contributed by atoms with Crippen molar-refractivity contribution in [3.63, 3.8) is 0 Å². The standard InChI is InChI=1S/C19H21N3O3S/c1-22(14-16-3-2-12-20-13-16)19(23)11-6-15-4-9-18(10-5-15)26(24,25)21-17-7-8-17/h2-6,9-13,17,21H,7-8,14H2,1H3/b11-6+. The maximum absolute atomic E-state index is 12.2. The Hall–Kier alpha value is -2.51. The molecule has 0 spiro atoms. The molecule has 0 unspecified atom stereocenters. The predicted molar refractivity (Wildman–Crippen MR) is 99.5 cm³/mol. The van der Waals surface area contributed by atoms with Gasteiger partial charge < -0.3 is 4.90 Å². The Morgan fingerprint density at radius 3 is 2.62 bits per heavy atom. The molecule has 1 fully saturated rings. The van der Waals surface area contributed by atoms with Crippen molar-refractivity contribution in [3.05, 3.63) is 66.0 Å². The minimum absolute atomic E-state index is 0.0764. The number of nitrogens with zero attached hydrogens (tertiary/aromatic N) is 2. The van der Waals surface area contributed by atoms with Crippen LogP contribution >= 0.6 is 0 Å². The lowest BCUT2D eigenvalue weighted by Gasteiger charge is -2.14. The Bertz CT molecular complexity index is 889. The predicted octanol–water partition coefficient (Wildman–Crippen LogP) is 2.19. The minimum atomic E-state index is -3.45. The van der Waals surface area contributed by atoms with E-state index in [0.29, 0.717) is 6.54 Å². The smallest absolute Gasteiger partial charge is 0.246 e. The largest absolute Gasteiger partial charge is 0.338 e. The number of aromatic nitrogens is 1. The molecule has 1 N–H and O–H groups in total. The minimum Gasteiger partial charge on any atom is -0.338 e. The van der Waals surface area contributed by atoms with Gasteiger partial charge in [-0.05, 0) is 48.2 Å². The van der Waals surface area contributed by atoms with Crippen molar-refractivity contribution in [1.82, 2.24) is 14.6 Å². The first kappa shape index (κ1) is 18.3. The molecular weight excluding hydrogens is 350 g/mol. The highest BCUT2D eigenvalue weighted by Crippen LogP contribution is 2.22. The van der Waals surface area contributed by atoms with Crippen molar-refractivity contribution in [3.8, 4) is 0 Å². The summed E-state index contributed by atoms with van der Waals surface area (Å²) in [6, 6.07) is 10.3. The first-order valence-electron chi connectivity index (χ1n) is 8.38. The Morgan fingerprint density at radius 1 is 1.27 bits per heavy atom. The molecule has 26 heavy (non-hydrogen) atoms. The molecule has 136 valence electrons. The molecule has 1 heterocycles. The Labute approximate surface area is 153 Å². The average Bonchev–Trinajstić information content (AvgIpc) is 3.44. The Morgan fingerprint density at radius 2 is 2.00 bits per heavy atom. The number of pyridine rings is 1. The van der Waals surface area contributed by atoms with E-state index in [4.69, 9.17) is 0 Å². The topological polar surface area (TPSA) is 79.4 Å². The molecule has 1 amide bonds. The number of benzene rings is 1. The van der Waals surface area contributed by atoms with E-state index in [0.717, 1.165) is 24.0 Å². The van der Waals surface area contributed by atoms with Crippen LogP contribution in [-0.4, -0.2) is 37.3 Å². The van der Waals surface area contributed by atoms with Crippen LogP contribution in [0.4, 0.5) is 0 Å². The van der Waals surface area contributed by atoms with Crippen LogP contribution in [0.5, 0.6) is 0 Å². The average molecular weight is 371 g/mol. The second-order valence-corrected chi connectivity index (χ2v) is 8.07. The second-order valence-electron chi connectivity index (χ2n) is 6.35. The molecule has 3 rings (SSSR count). The zero-order valence-electron chi connectivity index (χ0n) is 14.5. The zero-order chi connectivity index (χ0) is 18.6. The van der Waals surface area contributed by atoms with Crippen molar-refractivity contribution in [1.29, 1.82) is 0 Å². The van der Waals surface area contributed by atoms with Crippen molar-refractivity contribution >= 4 is 22.0 Å². The van der Waals surface area contributed by atoms with E-state index >= 15 is 0 Å². The van der Waals surface area contributed by atoms with E-state index in [9.17, 15) is 13.2 Å². The highest BCUT2D eigenvalue weighted by molar-refractivity contribution is 7.89. The van der Waals surface area contributed by atoms with Crippen molar-refractivity contribution in [2.45, 2.75) is 30.3 Å². The van der Waals surface area contributed by atoms with Crippen LogP contribution in [0.3, 0.4) is 0 Å². The summed E-state index contributed by atoms with van der Waals surface area (Å²) in [7, 11) is -1.73. The molecule has 1 aliphatic rings. The van der Waals surface area contributed by atoms with Gasteiger partial charge in [0.15, 0.2) is 0 Å². The molecule has 1 saturated carbocycles. The number of rotatable bonds is 7. The second kappa shape index (κ2) is 7.80. The normalized spacial score (nSPS) is 14.5. The molecule has 7 heteroatoms. The molecular formula is C19H21N3O3S. The lowest BCUT2D eigenvalue weighted by Crippen LogP contribution is -2.25. The fourth-order valence-electron chi connectivity index (χ4n) is 2.38. The highest BCUT2D eigenvalue weighted by Gasteiger charge is 2.27. The van der Waals surface area contributed by atoms with Gasteiger partial charge in [-0.3, -0.25) is 9.78 Å². The third-order valence-corrected chi connectivity index (χ3v) is 5.56. The summed E-state index contributed by atoms with van der Waals surface area (Å²) in [4.78, 5) is 18.0. The van der Waals surface area contributed by atoms with Gasteiger partial charge in [-0.15, -0.1) is 0 Å². The molecule has 0 atom stereocenters. The maximum Gasteiger partial charge on any atom is 0.246 e. The summed E-state index contributed by atoms with van der Waals surface area (Å²) < 4.78 is 26.9. The van der Waals surface area contributed by atoms with Crippen LogP contribution in [0.25, 0.3) is 6.08 Å². The van der Waals surface area contributed by atoms with Crippen LogP contribution in [0, 0.1) is 0 Å². The number of nitrogens with one attached hydrogen (secondary N) is 1. The van der Waals surface area contributed by atoms with Gasteiger partial charge in [0.25, 0.3) is 0 Å². The summed E-state index contributed by atoms with van der Waals surface area (Å²) in [5.74, 6) is -0.138. The van der Waals surface area contributed by atoms with E-state index in [1.165, 1.54) is 6.08 Å². The number of hydrogen-bond donors (Lipinski definition) is 1. The lowest BCUT2D eigenvalue weighted by molar-refractivity contribution is -0.125. The molecule has 1 aromatic carbocycles. The summed E-state index contributed by atoms with van der Waals surface area (Å²) in [6.45, 7) is 0.473. The fraction of sp³-hybridized carbons (Fsp3) is 0.263. The monoisotopic (exact) mass is 371 g/mol. The van der Waals surface area contributed by atoms with Gasteiger partial charge in [0, 0.05) is 38.1 Å². The van der Waals surface area contributed by atoms with Crippen LogP contribution in [0.15, 0.2) is 59.8 Å². The number of carbonyl (C=O) groups is 1. The number of amides is 1. The lowest BCUT2D eigenvalue weighted by atomic mass is 10.2. The van der Waals surface area contributed by atoms with Crippen LogP contribution in [-0.2, 0) is 21.4 Å². The van der Waals surface area contributed by atoms with Gasteiger partial charge in [-0.2, -0.15) is 0 Å². The third kappa shape index (κ3) is 5.00. The number of likely N-dealkylation sites (N-methyl/N-ethyl adjacent to an activating group) is 1. The molecule has 2 aromatic rings. The van der Waals surface area contributed by atoms with Gasteiger partial charge >= 0.3 is 0 Å². The van der Waals surface area contributed by atoms with Crippen LogP contribution < -0.4 is 4.72 Å². The first-order valence-corrected chi connectivity index (χ1v) is 9.87. The molecule has 6 nitrogen and oxygen atoms in total. The van der Waals surface area contributed by atoms with E-state index in [1.807, 2.05) is 12.1 Å². The van der Waals surface area contributed by atoms with Crippen molar-refractivity contribution < 1.29 is 13.2 Å². The third-order valence-electron chi connectivity index (χ3n) is 4.03. The number of carbonyl (C=O) groups excluding carboxylic acids is 1. The van der Waals surface area contributed by atoms with Gasteiger partial charge in [-0.1, -0.05) is 18.2 Å². The SMILES string of the molecule is CN(Cc1cccnc1)C(=O)/C=C/c1ccc(S(=O)(=O)NC2CC2)cc1. The summed E-state index contributed by atoms with van der Waals surface area (Å²) in [5.41, 5.74) is 1.72. The number of sulfonamides is 1. The van der Waals surface area contributed by atoms with Crippen molar-refractivity contribution in [2.24, 2.45) is 0 Å². The summed E-state index contributed by atoms with van der Waals surface area (Å²) in [5, 5.41) is 0. The molecule has 0 aliphatic heterocycles. The first-order chi connectivity index (χ1) is 12.4. The molecule has 0 radical (unpaired) electrons. The van der Waals surface area contributed by atoms with Gasteiger partial charge in [0.2, 0.25) is 15.9 Å². The zero-order valence-corrected chi connectivity index (χ0v) is 15.3. The van der Waals surface area contributed by atoms with Gasteiger partial charge in [0.05, 0.1) is 4.90 Å². The van der Waals surface area contributed by atoms with E-state index in [2.05, 4.69) is 9.71 Å². The van der Waals surface area contributed by atoms with E-state index < -0.39 is 10.0 Å². The molecule has 0 bridgehead atoms. The Kier molecular flexibility index (Phi) is 5.49. The van der Waals surface area contributed by atoms with Gasteiger partial charge in [-0.25, -0.2) is 13.1 Å². The van der Waals surface area contributed by atoms with E-state index in [-0.39, 0.29) is 16.8 Å². The fourth-order valence-corrected chi connectivity index (χ4v) is 3.69. The van der Waals surface area contributed by atoms with Crippen LogP contribution in [0.1, 0.15) is 24.0 Å². The molecule has 1 aliphatic carbocycles. The summed E-state index contributed by atoms with van der Waals surface area (Å²) >= 11 is 0. The Balaban J connectivity index is 1.60. The maximum atomic E-state index is 12.2. The van der Waals surface area contributed by atoms with Gasteiger partial charge in [0.1, 0.15) is 0 Å². The molecule has 1 aromatic heterocycles. The van der Waals surface area contributed by atoms with Crippen molar-refractivity contribution in [2.75, 3.05) is 7.05 Å². The number of hydrogen-bond acceptors (Lipinski definition) is 4.